The van der Waals surface area contributed by atoms with Crippen molar-refractivity contribution >= 4 is 5.69 Å². The summed E-state index contributed by atoms with van der Waals surface area (Å²) in [6.07, 6.45) is 0. The Labute approximate surface area is 103 Å². The fourth-order valence-corrected chi connectivity index (χ4v) is 1.51. The van der Waals surface area contributed by atoms with Gasteiger partial charge in [0.15, 0.2) is 0 Å². The molecular weight excluding hydrogens is 234 g/mol. The van der Waals surface area contributed by atoms with E-state index in [-0.39, 0.29) is 11.4 Å². The molecule has 2 aromatic rings. The number of phenols is 1. The third kappa shape index (κ3) is 2.57. The van der Waals surface area contributed by atoms with E-state index in [9.17, 15) is 15.2 Å². The Morgan fingerprint density at radius 3 is 2.39 bits per heavy atom. The maximum atomic E-state index is 10.5. The van der Waals surface area contributed by atoms with Gasteiger partial charge in [0.2, 0.25) is 0 Å². The maximum absolute atomic E-state index is 10.5. The highest BCUT2D eigenvalue weighted by molar-refractivity contribution is 5.43. The van der Waals surface area contributed by atoms with E-state index in [1.54, 1.807) is 19.1 Å². The Bertz CT molecular complexity index is 578. The summed E-state index contributed by atoms with van der Waals surface area (Å²) in [5.41, 5.74) is 0.804. The molecule has 0 saturated heterocycles. The zero-order valence-corrected chi connectivity index (χ0v) is 9.66. The minimum atomic E-state index is -0.463. The molecule has 2 aromatic carbocycles. The van der Waals surface area contributed by atoms with Gasteiger partial charge in [-0.05, 0) is 42.8 Å². The first kappa shape index (κ1) is 11.9. The van der Waals surface area contributed by atoms with Crippen LogP contribution in [0.15, 0.2) is 42.5 Å². The van der Waals surface area contributed by atoms with Crippen LogP contribution in [0.2, 0.25) is 0 Å². The summed E-state index contributed by atoms with van der Waals surface area (Å²) in [5.74, 6) is 1.28. The topological polar surface area (TPSA) is 72.6 Å². The second-order valence-electron chi connectivity index (χ2n) is 3.80. The number of non-ortho nitro benzene ring substituents is 1. The monoisotopic (exact) mass is 245 g/mol. The lowest BCUT2D eigenvalue weighted by atomic mass is 10.2. The predicted octanol–water partition coefficient (Wildman–Crippen LogP) is 3.40. The number of benzene rings is 2. The fourth-order valence-electron chi connectivity index (χ4n) is 1.51. The van der Waals surface area contributed by atoms with Gasteiger partial charge in [0.05, 0.1) is 4.92 Å². The average molecular weight is 245 g/mol. The van der Waals surface area contributed by atoms with Crippen LogP contribution in [0.1, 0.15) is 5.56 Å². The molecule has 0 aliphatic carbocycles. The second kappa shape index (κ2) is 4.75. The highest BCUT2D eigenvalue weighted by Crippen LogP contribution is 2.28. The van der Waals surface area contributed by atoms with Crippen LogP contribution in [-0.2, 0) is 0 Å². The number of hydrogen-bond acceptors (Lipinski definition) is 4. The normalized spacial score (nSPS) is 10.1. The van der Waals surface area contributed by atoms with Crippen molar-refractivity contribution in [1.82, 2.24) is 0 Å². The summed E-state index contributed by atoms with van der Waals surface area (Å²) >= 11 is 0. The van der Waals surface area contributed by atoms with Gasteiger partial charge in [-0.25, -0.2) is 0 Å². The molecule has 2 rings (SSSR count). The maximum Gasteiger partial charge on any atom is 0.269 e. The van der Waals surface area contributed by atoms with Crippen LogP contribution in [0, 0.1) is 17.0 Å². The first-order chi connectivity index (χ1) is 8.56. The smallest absolute Gasteiger partial charge is 0.269 e. The average Bonchev–Trinajstić information content (AvgIpc) is 2.33. The summed E-state index contributed by atoms with van der Waals surface area (Å²) in [5, 5.41) is 19.8. The van der Waals surface area contributed by atoms with E-state index in [0.717, 1.165) is 5.56 Å². The van der Waals surface area contributed by atoms with Gasteiger partial charge in [-0.3, -0.25) is 10.1 Å². The van der Waals surface area contributed by atoms with Gasteiger partial charge in [0.25, 0.3) is 5.69 Å². The van der Waals surface area contributed by atoms with Gasteiger partial charge in [-0.15, -0.1) is 0 Å². The molecule has 0 aliphatic heterocycles. The number of aromatic hydroxyl groups is 1. The first-order valence-corrected chi connectivity index (χ1v) is 5.28. The van der Waals surface area contributed by atoms with E-state index >= 15 is 0 Å². The SMILES string of the molecule is Cc1cc(O)ccc1Oc1ccc([N+](=O)[O-])cc1. The number of aryl methyl sites for hydroxylation is 1. The lowest BCUT2D eigenvalue weighted by Crippen LogP contribution is -1.89. The zero-order chi connectivity index (χ0) is 13.1. The lowest BCUT2D eigenvalue weighted by molar-refractivity contribution is -0.384. The van der Waals surface area contributed by atoms with Crippen molar-refractivity contribution in [1.29, 1.82) is 0 Å². The molecule has 0 heterocycles. The third-order valence-electron chi connectivity index (χ3n) is 2.43. The summed E-state index contributed by atoms with van der Waals surface area (Å²) < 4.78 is 5.57. The molecule has 5 nitrogen and oxygen atoms in total. The lowest BCUT2D eigenvalue weighted by Gasteiger charge is -2.08. The summed E-state index contributed by atoms with van der Waals surface area (Å²) in [4.78, 5) is 10.0. The number of nitrogens with zero attached hydrogens (tertiary/aromatic N) is 1. The number of phenolic OH excluding ortho intramolecular Hbond substituents is 1. The van der Waals surface area contributed by atoms with Gasteiger partial charge in [-0.2, -0.15) is 0 Å². The largest absolute Gasteiger partial charge is 0.508 e. The van der Waals surface area contributed by atoms with Gasteiger partial charge in [0, 0.05) is 12.1 Å². The molecule has 0 atom stereocenters. The fraction of sp³-hybridized carbons (Fsp3) is 0.0769. The Kier molecular flexibility index (Phi) is 3.14. The number of nitro benzene ring substituents is 1. The molecule has 0 amide bonds. The van der Waals surface area contributed by atoms with Crippen LogP contribution in [-0.4, -0.2) is 10.0 Å². The summed E-state index contributed by atoms with van der Waals surface area (Å²) in [7, 11) is 0. The predicted molar refractivity (Wildman–Crippen MR) is 66.0 cm³/mol. The van der Waals surface area contributed by atoms with E-state index in [1.807, 2.05) is 0 Å². The number of nitro groups is 1. The molecule has 0 aromatic heterocycles. The quantitative estimate of drug-likeness (QED) is 0.664. The van der Waals surface area contributed by atoms with Crippen LogP contribution in [0.3, 0.4) is 0 Å². The van der Waals surface area contributed by atoms with Crippen molar-refractivity contribution in [2.24, 2.45) is 0 Å². The molecule has 5 heteroatoms. The molecule has 1 N–H and O–H groups in total. The zero-order valence-electron chi connectivity index (χ0n) is 9.66. The van der Waals surface area contributed by atoms with Gasteiger partial charge in [-0.1, -0.05) is 0 Å². The van der Waals surface area contributed by atoms with Crippen molar-refractivity contribution < 1.29 is 14.8 Å². The molecule has 0 fully saturated rings. The summed E-state index contributed by atoms with van der Waals surface area (Å²) in [6, 6.07) is 10.6. The van der Waals surface area contributed by atoms with Gasteiger partial charge in [0.1, 0.15) is 17.2 Å². The van der Waals surface area contributed by atoms with E-state index in [0.29, 0.717) is 11.5 Å². The van der Waals surface area contributed by atoms with Crippen LogP contribution in [0.25, 0.3) is 0 Å². The first-order valence-electron chi connectivity index (χ1n) is 5.28. The van der Waals surface area contributed by atoms with E-state index in [4.69, 9.17) is 4.74 Å². The van der Waals surface area contributed by atoms with Crippen molar-refractivity contribution in [2.45, 2.75) is 6.92 Å². The standard InChI is InChI=1S/C13H11NO4/c1-9-8-11(15)4-7-13(9)18-12-5-2-10(3-6-12)14(16)17/h2-8,15H,1H3. The van der Waals surface area contributed by atoms with E-state index in [2.05, 4.69) is 0 Å². The molecule has 18 heavy (non-hydrogen) atoms. The van der Waals surface area contributed by atoms with Crippen molar-refractivity contribution in [3.8, 4) is 17.2 Å². The van der Waals surface area contributed by atoms with Crippen molar-refractivity contribution in [2.75, 3.05) is 0 Å². The van der Waals surface area contributed by atoms with Crippen molar-refractivity contribution in [3.63, 3.8) is 0 Å². The number of hydrogen-bond donors (Lipinski definition) is 1. The van der Waals surface area contributed by atoms with Gasteiger partial charge >= 0.3 is 0 Å². The minimum Gasteiger partial charge on any atom is -0.508 e. The highest BCUT2D eigenvalue weighted by Gasteiger charge is 2.06. The molecule has 0 aliphatic rings. The molecule has 0 bridgehead atoms. The molecule has 0 radical (unpaired) electrons. The minimum absolute atomic E-state index is 0.0183. The Morgan fingerprint density at radius 1 is 1.17 bits per heavy atom. The number of ether oxygens (including phenoxy) is 1. The Balaban J connectivity index is 2.21. The van der Waals surface area contributed by atoms with E-state index in [1.165, 1.54) is 30.3 Å². The van der Waals surface area contributed by atoms with Crippen LogP contribution >= 0.6 is 0 Å². The van der Waals surface area contributed by atoms with Crippen LogP contribution in [0.4, 0.5) is 5.69 Å². The molecule has 0 unspecified atom stereocenters. The molecule has 0 saturated carbocycles. The van der Waals surface area contributed by atoms with Crippen LogP contribution in [0.5, 0.6) is 17.2 Å². The molecule has 92 valence electrons. The van der Waals surface area contributed by atoms with Crippen LogP contribution < -0.4 is 4.74 Å². The Hall–Kier alpha value is -2.56. The number of rotatable bonds is 3. The van der Waals surface area contributed by atoms with E-state index < -0.39 is 4.92 Å². The molecule has 0 spiro atoms. The second-order valence-corrected chi connectivity index (χ2v) is 3.80. The molecular formula is C13H11NO4. The third-order valence-corrected chi connectivity index (χ3v) is 2.43. The van der Waals surface area contributed by atoms with Gasteiger partial charge < -0.3 is 9.84 Å². The van der Waals surface area contributed by atoms with Crippen molar-refractivity contribution in [3.05, 3.63) is 58.1 Å². The summed E-state index contributed by atoms with van der Waals surface area (Å²) in [6.45, 7) is 1.81. The Morgan fingerprint density at radius 2 is 1.83 bits per heavy atom. The highest BCUT2D eigenvalue weighted by atomic mass is 16.6.